The molecular weight excluding hydrogens is 324 g/mol. The molecule has 2 aromatic rings. The molecule has 0 aromatic heterocycles. The van der Waals surface area contributed by atoms with Gasteiger partial charge in [-0.2, -0.15) is 0 Å². The molecule has 1 saturated heterocycles. The molecule has 4 nitrogen and oxygen atoms in total. The Hall–Kier alpha value is -2.33. The third-order valence-electron chi connectivity index (χ3n) is 5.00. The van der Waals surface area contributed by atoms with Crippen molar-refractivity contribution in [2.45, 2.75) is 32.9 Å². The van der Waals surface area contributed by atoms with Gasteiger partial charge in [0.05, 0.1) is 7.11 Å². The predicted octanol–water partition coefficient (Wildman–Crippen LogP) is 3.86. The number of carbonyl (C=O) groups excluding carboxylic acids is 1. The molecule has 0 aliphatic carbocycles. The second-order valence-electron chi connectivity index (χ2n) is 7.17. The van der Waals surface area contributed by atoms with Crippen molar-refractivity contribution >= 4 is 5.91 Å². The Bertz CT molecular complexity index is 727. The van der Waals surface area contributed by atoms with Crippen LogP contribution in [-0.4, -0.2) is 31.0 Å². The summed E-state index contributed by atoms with van der Waals surface area (Å²) >= 11 is 0. The average Bonchev–Trinajstić information content (AvgIpc) is 2.67. The van der Waals surface area contributed by atoms with Crippen molar-refractivity contribution in [3.8, 4) is 5.75 Å². The van der Waals surface area contributed by atoms with Crippen LogP contribution in [0.15, 0.2) is 48.5 Å². The molecular formula is C22H28N2O2. The van der Waals surface area contributed by atoms with Crippen LogP contribution in [0.5, 0.6) is 5.75 Å². The second kappa shape index (κ2) is 8.86. The van der Waals surface area contributed by atoms with Gasteiger partial charge in [0.25, 0.3) is 5.91 Å². The van der Waals surface area contributed by atoms with E-state index in [2.05, 4.69) is 29.3 Å². The Kier molecular flexibility index (Phi) is 6.29. The van der Waals surface area contributed by atoms with E-state index < -0.39 is 0 Å². The van der Waals surface area contributed by atoms with Gasteiger partial charge in [-0.3, -0.25) is 9.69 Å². The summed E-state index contributed by atoms with van der Waals surface area (Å²) in [6.07, 6.45) is 2.62. The molecule has 26 heavy (non-hydrogen) atoms. The van der Waals surface area contributed by atoms with Gasteiger partial charge >= 0.3 is 0 Å². The Labute approximate surface area is 156 Å². The first kappa shape index (κ1) is 18.5. The molecule has 1 atom stereocenters. The second-order valence-corrected chi connectivity index (χ2v) is 7.17. The molecule has 0 saturated carbocycles. The summed E-state index contributed by atoms with van der Waals surface area (Å²) in [6, 6.07) is 15.7. The molecule has 0 radical (unpaired) electrons. The summed E-state index contributed by atoms with van der Waals surface area (Å²) in [5.74, 6) is 1.51. The fourth-order valence-corrected chi connectivity index (χ4v) is 3.58. The van der Waals surface area contributed by atoms with Crippen LogP contribution < -0.4 is 10.1 Å². The molecule has 1 aliphatic rings. The van der Waals surface area contributed by atoms with Gasteiger partial charge in [0.1, 0.15) is 5.75 Å². The topological polar surface area (TPSA) is 41.6 Å². The molecule has 1 fully saturated rings. The summed E-state index contributed by atoms with van der Waals surface area (Å²) in [7, 11) is 1.64. The summed E-state index contributed by atoms with van der Waals surface area (Å²) in [4.78, 5) is 14.9. The third-order valence-corrected chi connectivity index (χ3v) is 5.00. The van der Waals surface area contributed by atoms with E-state index in [4.69, 9.17) is 4.74 Å². The number of ether oxygens (including phenoxy) is 1. The van der Waals surface area contributed by atoms with Crippen LogP contribution in [0.25, 0.3) is 0 Å². The maximum absolute atomic E-state index is 12.4. The summed E-state index contributed by atoms with van der Waals surface area (Å²) < 4.78 is 5.32. The van der Waals surface area contributed by atoms with E-state index in [9.17, 15) is 4.79 Å². The minimum Gasteiger partial charge on any atom is -0.496 e. The van der Waals surface area contributed by atoms with Gasteiger partial charge in [-0.05, 0) is 49.1 Å². The minimum atomic E-state index is -0.0611. The number of amides is 1. The lowest BCUT2D eigenvalue weighted by Crippen LogP contribution is -2.33. The summed E-state index contributed by atoms with van der Waals surface area (Å²) in [5, 5.41) is 2.97. The van der Waals surface area contributed by atoms with Gasteiger partial charge in [-0.1, -0.05) is 37.3 Å². The van der Waals surface area contributed by atoms with Crippen LogP contribution in [0.2, 0.25) is 0 Å². The Morgan fingerprint density at radius 1 is 1.19 bits per heavy atom. The minimum absolute atomic E-state index is 0.0611. The zero-order valence-corrected chi connectivity index (χ0v) is 15.7. The lowest BCUT2D eigenvalue weighted by Gasteiger charge is -2.30. The molecule has 1 aliphatic heterocycles. The molecule has 138 valence electrons. The number of likely N-dealkylation sites (tertiary alicyclic amines) is 1. The van der Waals surface area contributed by atoms with Gasteiger partial charge in [0, 0.05) is 30.8 Å². The van der Waals surface area contributed by atoms with Crippen molar-refractivity contribution in [3.05, 3.63) is 65.2 Å². The van der Waals surface area contributed by atoms with E-state index in [0.717, 1.165) is 23.8 Å². The number of rotatable bonds is 6. The van der Waals surface area contributed by atoms with Gasteiger partial charge in [0.15, 0.2) is 0 Å². The third kappa shape index (κ3) is 4.85. The number of methoxy groups -OCH3 is 1. The van der Waals surface area contributed by atoms with E-state index in [-0.39, 0.29) is 5.91 Å². The maximum atomic E-state index is 12.4. The lowest BCUT2D eigenvalue weighted by molar-refractivity contribution is 0.0950. The van der Waals surface area contributed by atoms with E-state index in [1.165, 1.54) is 31.5 Å². The highest BCUT2D eigenvalue weighted by Gasteiger charge is 2.16. The molecule has 0 spiro atoms. The monoisotopic (exact) mass is 352 g/mol. The Balaban J connectivity index is 1.55. The molecule has 0 bridgehead atoms. The van der Waals surface area contributed by atoms with Crippen molar-refractivity contribution in [2.24, 2.45) is 5.92 Å². The van der Waals surface area contributed by atoms with Crippen LogP contribution >= 0.6 is 0 Å². The number of nitrogens with zero attached hydrogens (tertiary/aromatic N) is 1. The normalized spacial score (nSPS) is 17.7. The van der Waals surface area contributed by atoms with Crippen molar-refractivity contribution in [1.82, 2.24) is 10.2 Å². The number of para-hydroxylation sites is 1. The number of benzene rings is 2. The number of piperidine rings is 1. The van der Waals surface area contributed by atoms with E-state index in [0.29, 0.717) is 12.1 Å². The van der Waals surface area contributed by atoms with Gasteiger partial charge in [0.2, 0.25) is 0 Å². The smallest absolute Gasteiger partial charge is 0.251 e. The zero-order chi connectivity index (χ0) is 18.4. The average molecular weight is 352 g/mol. The lowest BCUT2D eigenvalue weighted by atomic mass is 9.99. The molecule has 1 heterocycles. The summed E-state index contributed by atoms with van der Waals surface area (Å²) in [5.41, 5.74) is 2.93. The molecule has 1 N–H and O–H groups in total. The van der Waals surface area contributed by atoms with Crippen LogP contribution in [0.1, 0.15) is 41.3 Å². The molecule has 3 rings (SSSR count). The van der Waals surface area contributed by atoms with Crippen molar-refractivity contribution in [1.29, 1.82) is 0 Å². The quantitative estimate of drug-likeness (QED) is 0.858. The van der Waals surface area contributed by atoms with E-state index in [1.807, 2.05) is 36.4 Å². The standard InChI is InChI=1S/C22H28N2O2/c1-17-6-5-13-24(15-17)16-18-9-11-19(12-10-18)22(25)23-14-20-7-3-4-8-21(20)26-2/h3-4,7-12,17H,5-6,13-16H2,1-2H3,(H,23,25)/t17-/m0/s1. The summed E-state index contributed by atoms with van der Waals surface area (Å²) in [6.45, 7) is 6.08. The first-order valence-corrected chi connectivity index (χ1v) is 9.37. The number of nitrogens with one attached hydrogen (secondary N) is 1. The van der Waals surface area contributed by atoms with Crippen molar-refractivity contribution in [3.63, 3.8) is 0 Å². The highest BCUT2D eigenvalue weighted by Crippen LogP contribution is 2.19. The first-order chi connectivity index (χ1) is 12.7. The number of hydrogen-bond acceptors (Lipinski definition) is 3. The highest BCUT2D eigenvalue weighted by molar-refractivity contribution is 5.94. The Morgan fingerprint density at radius 3 is 2.69 bits per heavy atom. The largest absolute Gasteiger partial charge is 0.496 e. The Morgan fingerprint density at radius 2 is 1.96 bits per heavy atom. The first-order valence-electron chi connectivity index (χ1n) is 9.37. The molecule has 4 heteroatoms. The molecule has 2 aromatic carbocycles. The number of carbonyl (C=O) groups is 1. The van der Waals surface area contributed by atoms with Gasteiger partial charge < -0.3 is 10.1 Å². The SMILES string of the molecule is COc1ccccc1CNC(=O)c1ccc(CN2CCC[C@H](C)C2)cc1. The predicted molar refractivity (Wildman–Crippen MR) is 104 cm³/mol. The fourth-order valence-electron chi connectivity index (χ4n) is 3.58. The van der Waals surface area contributed by atoms with Crippen LogP contribution in [0.3, 0.4) is 0 Å². The van der Waals surface area contributed by atoms with E-state index in [1.54, 1.807) is 7.11 Å². The van der Waals surface area contributed by atoms with Crippen LogP contribution in [0.4, 0.5) is 0 Å². The van der Waals surface area contributed by atoms with Crippen LogP contribution in [0, 0.1) is 5.92 Å². The van der Waals surface area contributed by atoms with E-state index >= 15 is 0 Å². The van der Waals surface area contributed by atoms with Crippen molar-refractivity contribution in [2.75, 3.05) is 20.2 Å². The van der Waals surface area contributed by atoms with Crippen molar-refractivity contribution < 1.29 is 9.53 Å². The highest BCUT2D eigenvalue weighted by atomic mass is 16.5. The number of hydrogen-bond donors (Lipinski definition) is 1. The maximum Gasteiger partial charge on any atom is 0.251 e. The van der Waals surface area contributed by atoms with Crippen LogP contribution in [-0.2, 0) is 13.1 Å². The van der Waals surface area contributed by atoms with Gasteiger partial charge in [-0.25, -0.2) is 0 Å². The van der Waals surface area contributed by atoms with Gasteiger partial charge in [-0.15, -0.1) is 0 Å². The zero-order valence-electron chi connectivity index (χ0n) is 15.7. The molecule has 1 amide bonds. The fraction of sp³-hybridized carbons (Fsp3) is 0.409. The molecule has 0 unspecified atom stereocenters.